The van der Waals surface area contributed by atoms with Crippen molar-refractivity contribution in [1.29, 1.82) is 0 Å². The molecule has 2 N–H and O–H groups in total. The molecule has 0 aliphatic rings. The fourth-order valence-electron chi connectivity index (χ4n) is 1.32. The van der Waals surface area contributed by atoms with E-state index in [-0.39, 0.29) is 0 Å². The first kappa shape index (κ1) is 12.9. The van der Waals surface area contributed by atoms with Crippen molar-refractivity contribution in [1.82, 2.24) is 0 Å². The van der Waals surface area contributed by atoms with Crippen LogP contribution in [0.1, 0.15) is 26.7 Å². The second-order valence-corrected chi connectivity index (χ2v) is 6.12. The van der Waals surface area contributed by atoms with Crippen LogP contribution < -0.4 is 5.73 Å². The number of nitrogens with two attached hydrogens (primary N) is 1. The van der Waals surface area contributed by atoms with Gasteiger partial charge in [0.15, 0.2) is 0 Å². The van der Waals surface area contributed by atoms with Crippen molar-refractivity contribution < 1.29 is 0 Å². The van der Waals surface area contributed by atoms with Crippen molar-refractivity contribution in [3.63, 3.8) is 0 Å². The number of halogens is 1. The highest BCUT2D eigenvalue weighted by molar-refractivity contribution is 9.10. The molecule has 1 aromatic carbocycles. The molecule has 0 unspecified atom stereocenters. The van der Waals surface area contributed by atoms with Gasteiger partial charge in [0.1, 0.15) is 0 Å². The molecule has 3 heteroatoms. The molecule has 0 bridgehead atoms. The Labute approximate surface area is 105 Å². The molecule has 84 valence electrons. The van der Waals surface area contributed by atoms with E-state index < -0.39 is 0 Å². The molecule has 0 atom stereocenters. The molecular weight excluding hydrogens is 270 g/mol. The Balaban J connectivity index is 2.37. The molecule has 0 aliphatic carbocycles. The highest BCUT2D eigenvalue weighted by Crippen LogP contribution is 2.28. The van der Waals surface area contributed by atoms with Crippen LogP contribution in [0.4, 0.5) is 5.69 Å². The zero-order valence-electron chi connectivity index (χ0n) is 9.29. The summed E-state index contributed by atoms with van der Waals surface area (Å²) in [5, 5.41) is 0. The van der Waals surface area contributed by atoms with Gasteiger partial charge in [-0.15, -0.1) is 11.8 Å². The fraction of sp³-hybridized carbons (Fsp3) is 0.500. The van der Waals surface area contributed by atoms with E-state index in [0.29, 0.717) is 0 Å². The van der Waals surface area contributed by atoms with Gasteiger partial charge >= 0.3 is 0 Å². The number of benzene rings is 1. The van der Waals surface area contributed by atoms with Gasteiger partial charge in [0, 0.05) is 15.1 Å². The Bertz CT molecular complexity index is 312. The number of hydrogen-bond donors (Lipinski definition) is 1. The molecule has 0 fully saturated rings. The van der Waals surface area contributed by atoms with Crippen molar-refractivity contribution >= 4 is 33.4 Å². The summed E-state index contributed by atoms with van der Waals surface area (Å²) in [4.78, 5) is 1.20. The van der Waals surface area contributed by atoms with E-state index in [1.165, 1.54) is 17.7 Å². The van der Waals surface area contributed by atoms with Crippen LogP contribution in [-0.4, -0.2) is 5.75 Å². The smallest absolute Gasteiger partial charge is 0.0463 e. The zero-order chi connectivity index (χ0) is 11.3. The predicted octanol–water partition coefficient (Wildman–Crippen LogP) is 4.56. The zero-order valence-corrected chi connectivity index (χ0v) is 11.7. The third-order valence-corrected chi connectivity index (χ3v) is 3.82. The molecule has 0 saturated heterocycles. The van der Waals surface area contributed by atoms with Crippen LogP contribution in [-0.2, 0) is 0 Å². The topological polar surface area (TPSA) is 26.0 Å². The van der Waals surface area contributed by atoms with Gasteiger partial charge in [-0.1, -0.05) is 36.2 Å². The van der Waals surface area contributed by atoms with Gasteiger partial charge in [0.25, 0.3) is 0 Å². The molecule has 15 heavy (non-hydrogen) atoms. The van der Waals surface area contributed by atoms with E-state index in [2.05, 4.69) is 35.8 Å². The molecule has 0 aliphatic heterocycles. The summed E-state index contributed by atoms with van der Waals surface area (Å²) in [7, 11) is 0. The van der Waals surface area contributed by atoms with Crippen molar-refractivity contribution in [2.24, 2.45) is 5.92 Å². The Morgan fingerprint density at radius 2 is 2.13 bits per heavy atom. The average Bonchev–Trinajstić information content (AvgIpc) is 2.14. The number of anilines is 1. The van der Waals surface area contributed by atoms with E-state index in [1.807, 2.05) is 23.9 Å². The van der Waals surface area contributed by atoms with Crippen LogP contribution in [0.15, 0.2) is 27.6 Å². The average molecular weight is 288 g/mol. The second kappa shape index (κ2) is 6.44. The maximum absolute atomic E-state index is 5.91. The Hall–Kier alpha value is -0.150. The molecule has 0 spiro atoms. The molecular formula is C12H18BrNS. The summed E-state index contributed by atoms with van der Waals surface area (Å²) < 4.78 is 1.05. The Morgan fingerprint density at radius 1 is 1.40 bits per heavy atom. The molecule has 1 aromatic rings. The molecule has 1 nitrogen and oxygen atoms in total. The first-order chi connectivity index (χ1) is 7.09. The van der Waals surface area contributed by atoms with Crippen LogP contribution in [0.5, 0.6) is 0 Å². The number of rotatable bonds is 5. The molecule has 0 radical (unpaired) electrons. The molecule has 0 saturated carbocycles. The van der Waals surface area contributed by atoms with Crippen molar-refractivity contribution in [2.75, 3.05) is 11.5 Å². The Morgan fingerprint density at radius 3 is 2.73 bits per heavy atom. The minimum atomic E-state index is 0.799. The monoisotopic (exact) mass is 287 g/mol. The summed E-state index contributed by atoms with van der Waals surface area (Å²) >= 11 is 5.26. The van der Waals surface area contributed by atoms with Gasteiger partial charge in [-0.25, -0.2) is 0 Å². The van der Waals surface area contributed by atoms with Crippen LogP contribution >= 0.6 is 27.7 Å². The van der Waals surface area contributed by atoms with Gasteiger partial charge in [0.05, 0.1) is 0 Å². The summed E-state index contributed by atoms with van der Waals surface area (Å²) in [5.41, 5.74) is 6.79. The summed E-state index contributed by atoms with van der Waals surface area (Å²) in [6, 6.07) is 6.09. The number of thioether (sulfide) groups is 1. The first-order valence-corrected chi connectivity index (χ1v) is 7.05. The highest BCUT2D eigenvalue weighted by atomic mass is 79.9. The lowest BCUT2D eigenvalue weighted by molar-refractivity contribution is 0.579. The number of nitrogen functional groups attached to an aromatic ring is 1. The molecule has 0 heterocycles. The fourth-order valence-corrected chi connectivity index (χ4v) is 2.62. The minimum Gasteiger partial charge on any atom is -0.398 e. The van der Waals surface area contributed by atoms with Gasteiger partial charge < -0.3 is 5.73 Å². The second-order valence-electron chi connectivity index (χ2n) is 4.07. The van der Waals surface area contributed by atoms with E-state index in [0.717, 1.165) is 21.8 Å². The quantitative estimate of drug-likeness (QED) is 0.488. The summed E-state index contributed by atoms with van der Waals surface area (Å²) in [5.74, 6) is 1.96. The van der Waals surface area contributed by atoms with Crippen molar-refractivity contribution in [2.45, 2.75) is 31.6 Å². The highest BCUT2D eigenvalue weighted by Gasteiger charge is 2.01. The lowest BCUT2D eigenvalue weighted by Gasteiger charge is -2.07. The largest absolute Gasteiger partial charge is 0.398 e. The predicted molar refractivity (Wildman–Crippen MR) is 73.4 cm³/mol. The number of hydrogen-bond acceptors (Lipinski definition) is 2. The minimum absolute atomic E-state index is 0.799. The van der Waals surface area contributed by atoms with Crippen LogP contribution in [0.3, 0.4) is 0 Å². The van der Waals surface area contributed by atoms with Gasteiger partial charge in [-0.2, -0.15) is 0 Å². The Kier molecular flexibility index (Phi) is 5.54. The standard InChI is InChI=1S/C12H18BrNS/c1-9(2)4-3-7-15-12-6-5-10(13)8-11(12)14/h5-6,8-9H,3-4,7,14H2,1-2H3. The van der Waals surface area contributed by atoms with E-state index in [4.69, 9.17) is 5.73 Å². The molecule has 1 rings (SSSR count). The lowest BCUT2D eigenvalue weighted by atomic mass is 10.1. The maximum Gasteiger partial charge on any atom is 0.0463 e. The summed E-state index contributed by atoms with van der Waals surface area (Å²) in [6.07, 6.45) is 2.56. The van der Waals surface area contributed by atoms with Gasteiger partial charge in [-0.3, -0.25) is 0 Å². The van der Waals surface area contributed by atoms with Crippen LogP contribution in [0.25, 0.3) is 0 Å². The van der Waals surface area contributed by atoms with Gasteiger partial charge in [-0.05, 0) is 36.3 Å². The first-order valence-electron chi connectivity index (χ1n) is 5.27. The van der Waals surface area contributed by atoms with Crippen LogP contribution in [0, 0.1) is 5.92 Å². The van der Waals surface area contributed by atoms with Crippen molar-refractivity contribution in [3.05, 3.63) is 22.7 Å². The third kappa shape index (κ3) is 4.94. The van der Waals surface area contributed by atoms with Gasteiger partial charge in [0.2, 0.25) is 0 Å². The van der Waals surface area contributed by atoms with Crippen LogP contribution in [0.2, 0.25) is 0 Å². The van der Waals surface area contributed by atoms with E-state index in [9.17, 15) is 0 Å². The third-order valence-electron chi connectivity index (χ3n) is 2.16. The SMILES string of the molecule is CC(C)CCCSc1ccc(Br)cc1N. The van der Waals surface area contributed by atoms with Crippen molar-refractivity contribution in [3.8, 4) is 0 Å². The molecule has 0 amide bonds. The van der Waals surface area contributed by atoms with E-state index in [1.54, 1.807) is 0 Å². The normalized spacial score (nSPS) is 10.9. The van der Waals surface area contributed by atoms with E-state index >= 15 is 0 Å². The lowest BCUT2D eigenvalue weighted by Crippen LogP contribution is -1.91. The summed E-state index contributed by atoms with van der Waals surface area (Å²) in [6.45, 7) is 4.53. The molecule has 0 aromatic heterocycles. The maximum atomic E-state index is 5.91.